The van der Waals surface area contributed by atoms with E-state index in [1.165, 1.54) is 0 Å². The van der Waals surface area contributed by atoms with Gasteiger partial charge in [-0.25, -0.2) is 9.50 Å². The van der Waals surface area contributed by atoms with Crippen LogP contribution in [0.15, 0.2) is 18.8 Å². The number of hydrogen-bond donors (Lipinski definition) is 0. The molecule has 2 heterocycles. The van der Waals surface area contributed by atoms with Crippen LogP contribution in [0.3, 0.4) is 0 Å². The third kappa shape index (κ3) is 1.40. The Labute approximate surface area is 87.0 Å². The molecule has 0 aliphatic carbocycles. The van der Waals surface area contributed by atoms with Crippen LogP contribution in [0, 0.1) is 6.92 Å². The molecular weight excluding hydrogens is 198 g/mol. The van der Waals surface area contributed by atoms with E-state index in [2.05, 4.69) is 16.7 Å². The third-order valence-corrected chi connectivity index (χ3v) is 2.16. The zero-order valence-corrected chi connectivity index (χ0v) is 8.84. The highest BCUT2D eigenvalue weighted by molar-refractivity contribution is 6.29. The van der Waals surface area contributed by atoms with Gasteiger partial charge in [0.05, 0.1) is 11.9 Å². The van der Waals surface area contributed by atoms with E-state index in [1.54, 1.807) is 10.6 Å². The molecule has 0 spiro atoms. The molecule has 0 atom stereocenters. The second-order valence-corrected chi connectivity index (χ2v) is 3.70. The van der Waals surface area contributed by atoms with Crippen molar-refractivity contribution >= 4 is 22.8 Å². The summed E-state index contributed by atoms with van der Waals surface area (Å²) < 4.78 is 1.68. The van der Waals surface area contributed by atoms with Gasteiger partial charge in [0.25, 0.3) is 0 Å². The van der Waals surface area contributed by atoms with E-state index in [-0.39, 0.29) is 0 Å². The molecule has 2 rings (SSSR count). The van der Waals surface area contributed by atoms with E-state index in [0.717, 1.165) is 22.5 Å². The predicted octanol–water partition coefficient (Wildman–Crippen LogP) is 2.72. The van der Waals surface area contributed by atoms with Crippen molar-refractivity contribution in [3.63, 3.8) is 0 Å². The van der Waals surface area contributed by atoms with E-state index < -0.39 is 0 Å². The Morgan fingerprint density at radius 1 is 1.57 bits per heavy atom. The predicted molar refractivity (Wildman–Crippen MR) is 57.4 cm³/mol. The normalized spacial score (nSPS) is 10.8. The molecular formula is C10H10ClN3. The van der Waals surface area contributed by atoms with Crippen molar-refractivity contribution in [1.29, 1.82) is 0 Å². The lowest BCUT2D eigenvalue weighted by Gasteiger charge is -2.02. The van der Waals surface area contributed by atoms with Gasteiger partial charge in [0, 0.05) is 5.56 Å². The summed E-state index contributed by atoms with van der Waals surface area (Å²) >= 11 is 5.88. The average Bonchev–Trinajstić information content (AvgIpc) is 2.42. The van der Waals surface area contributed by atoms with Crippen molar-refractivity contribution in [3.05, 3.63) is 35.3 Å². The van der Waals surface area contributed by atoms with Crippen molar-refractivity contribution in [2.45, 2.75) is 13.8 Å². The Hall–Kier alpha value is -1.35. The number of allylic oxidation sites excluding steroid dienone is 1. The van der Waals surface area contributed by atoms with E-state index in [1.807, 2.05) is 20.0 Å². The lowest BCUT2D eigenvalue weighted by Crippen LogP contribution is -1.94. The molecule has 14 heavy (non-hydrogen) atoms. The van der Waals surface area contributed by atoms with Crippen LogP contribution in [0.25, 0.3) is 11.2 Å². The summed E-state index contributed by atoms with van der Waals surface area (Å²) in [6, 6.07) is 1.78. The molecule has 72 valence electrons. The Morgan fingerprint density at radius 2 is 2.29 bits per heavy atom. The van der Waals surface area contributed by atoms with Crippen LogP contribution in [-0.2, 0) is 0 Å². The van der Waals surface area contributed by atoms with Crippen LogP contribution in [-0.4, -0.2) is 14.6 Å². The fraction of sp³-hybridized carbons (Fsp3) is 0.200. The third-order valence-electron chi connectivity index (χ3n) is 1.98. The highest BCUT2D eigenvalue weighted by atomic mass is 35.5. The molecule has 0 saturated carbocycles. The second-order valence-electron chi connectivity index (χ2n) is 3.31. The summed E-state index contributed by atoms with van der Waals surface area (Å²) in [6.07, 6.45) is 1.84. The van der Waals surface area contributed by atoms with Crippen LogP contribution in [0.2, 0.25) is 5.15 Å². The first-order valence-corrected chi connectivity index (χ1v) is 4.64. The first-order chi connectivity index (χ1) is 6.58. The summed E-state index contributed by atoms with van der Waals surface area (Å²) in [5, 5.41) is 4.57. The lowest BCUT2D eigenvalue weighted by molar-refractivity contribution is 0.932. The second kappa shape index (κ2) is 3.10. The first-order valence-electron chi connectivity index (χ1n) is 4.26. The maximum atomic E-state index is 5.88. The van der Waals surface area contributed by atoms with E-state index >= 15 is 0 Å². The molecule has 4 heteroatoms. The molecule has 0 saturated heterocycles. The fourth-order valence-corrected chi connectivity index (χ4v) is 1.57. The number of rotatable bonds is 1. The molecule has 2 aromatic rings. The van der Waals surface area contributed by atoms with Crippen molar-refractivity contribution in [2.75, 3.05) is 0 Å². The minimum atomic E-state index is 0.452. The van der Waals surface area contributed by atoms with Gasteiger partial charge in [0.2, 0.25) is 0 Å². The number of imidazole rings is 1. The molecule has 0 fully saturated rings. The van der Waals surface area contributed by atoms with Crippen molar-refractivity contribution < 1.29 is 0 Å². The van der Waals surface area contributed by atoms with E-state index in [4.69, 9.17) is 11.6 Å². The fourth-order valence-electron chi connectivity index (χ4n) is 1.37. The smallest absolute Gasteiger partial charge is 0.161 e. The van der Waals surface area contributed by atoms with Crippen LogP contribution in [0.1, 0.15) is 18.2 Å². The van der Waals surface area contributed by atoms with Gasteiger partial charge in [-0.3, -0.25) is 0 Å². The topological polar surface area (TPSA) is 30.2 Å². The number of hydrogen-bond acceptors (Lipinski definition) is 2. The minimum Gasteiger partial charge on any atom is -0.232 e. The molecule has 0 aliphatic heterocycles. The molecule has 0 radical (unpaired) electrons. The molecule has 3 nitrogen and oxygen atoms in total. The lowest BCUT2D eigenvalue weighted by atomic mass is 10.1. The van der Waals surface area contributed by atoms with E-state index in [9.17, 15) is 0 Å². The SMILES string of the molecule is C=C(C)c1cc(Cl)nn2cc(C)nc12. The standard InChI is InChI=1S/C10H10ClN3/c1-6(2)8-4-9(11)13-14-5-7(3)12-10(8)14/h4-5H,1H2,2-3H3. The molecule has 0 amide bonds. The zero-order valence-electron chi connectivity index (χ0n) is 8.08. The maximum absolute atomic E-state index is 5.88. The van der Waals surface area contributed by atoms with Gasteiger partial charge in [-0.1, -0.05) is 18.2 Å². The molecule has 0 bridgehead atoms. The highest BCUT2D eigenvalue weighted by Crippen LogP contribution is 2.20. The first kappa shape index (κ1) is 9.21. The number of aromatic nitrogens is 3. The molecule has 2 aromatic heterocycles. The summed E-state index contributed by atoms with van der Waals surface area (Å²) in [6.45, 7) is 7.73. The van der Waals surface area contributed by atoms with Gasteiger partial charge in [0.1, 0.15) is 0 Å². The number of nitrogens with zero attached hydrogens (tertiary/aromatic N) is 3. The van der Waals surface area contributed by atoms with Crippen LogP contribution < -0.4 is 0 Å². The molecule has 0 aliphatic rings. The Bertz CT molecular complexity index is 513. The number of aryl methyl sites for hydroxylation is 1. The zero-order chi connectivity index (χ0) is 10.3. The van der Waals surface area contributed by atoms with Crippen LogP contribution in [0.5, 0.6) is 0 Å². The largest absolute Gasteiger partial charge is 0.232 e. The van der Waals surface area contributed by atoms with Crippen molar-refractivity contribution in [1.82, 2.24) is 14.6 Å². The highest BCUT2D eigenvalue weighted by Gasteiger charge is 2.07. The van der Waals surface area contributed by atoms with Gasteiger partial charge in [-0.15, -0.1) is 0 Å². The Morgan fingerprint density at radius 3 is 2.93 bits per heavy atom. The maximum Gasteiger partial charge on any atom is 0.161 e. The van der Waals surface area contributed by atoms with Crippen LogP contribution >= 0.6 is 11.6 Å². The Balaban J connectivity index is 2.85. The summed E-state index contributed by atoms with van der Waals surface area (Å²) in [5.74, 6) is 0. The van der Waals surface area contributed by atoms with E-state index in [0.29, 0.717) is 5.15 Å². The average molecular weight is 208 g/mol. The summed E-state index contributed by atoms with van der Waals surface area (Å²) in [7, 11) is 0. The van der Waals surface area contributed by atoms with Crippen molar-refractivity contribution in [3.8, 4) is 0 Å². The minimum absolute atomic E-state index is 0.452. The number of fused-ring (bicyclic) bond motifs is 1. The Kier molecular flexibility index (Phi) is 2.04. The van der Waals surface area contributed by atoms with Crippen molar-refractivity contribution in [2.24, 2.45) is 0 Å². The summed E-state index contributed by atoms with van der Waals surface area (Å²) in [4.78, 5) is 4.36. The van der Waals surface area contributed by atoms with Gasteiger partial charge in [-0.05, 0) is 25.5 Å². The monoisotopic (exact) mass is 207 g/mol. The number of halogens is 1. The van der Waals surface area contributed by atoms with Gasteiger partial charge in [0.15, 0.2) is 10.8 Å². The molecule has 0 aromatic carbocycles. The van der Waals surface area contributed by atoms with Crippen LogP contribution in [0.4, 0.5) is 0 Å². The quantitative estimate of drug-likeness (QED) is 0.720. The molecule has 0 unspecified atom stereocenters. The van der Waals surface area contributed by atoms with Gasteiger partial charge < -0.3 is 0 Å². The van der Waals surface area contributed by atoms with Gasteiger partial charge >= 0.3 is 0 Å². The van der Waals surface area contributed by atoms with Gasteiger partial charge in [-0.2, -0.15) is 5.10 Å². The summed E-state index contributed by atoms with van der Waals surface area (Å²) in [5.41, 5.74) is 3.60. The molecule has 0 N–H and O–H groups in total.